The highest BCUT2D eigenvalue weighted by atomic mass is 16.5. The summed E-state index contributed by atoms with van der Waals surface area (Å²) in [6, 6.07) is 14.4. The van der Waals surface area contributed by atoms with E-state index in [1.165, 1.54) is 11.1 Å². The molecule has 1 fully saturated rings. The van der Waals surface area contributed by atoms with Crippen LogP contribution in [-0.4, -0.2) is 37.1 Å². The summed E-state index contributed by atoms with van der Waals surface area (Å²) in [7, 11) is 0. The molecule has 1 aliphatic heterocycles. The monoisotopic (exact) mass is 424 g/mol. The second-order valence-corrected chi connectivity index (χ2v) is 8.28. The number of likely N-dealkylation sites (tertiary alicyclic amines) is 1. The first-order valence-corrected chi connectivity index (χ1v) is 11.5. The average Bonchev–Trinajstić information content (AvgIpc) is 2.77. The van der Waals surface area contributed by atoms with E-state index >= 15 is 0 Å². The zero-order chi connectivity index (χ0) is 22.2. The van der Waals surface area contributed by atoms with Gasteiger partial charge in [-0.25, -0.2) is 0 Å². The Kier molecular flexibility index (Phi) is 8.35. The summed E-state index contributed by atoms with van der Waals surface area (Å²) in [5.41, 5.74) is 3.73. The molecule has 1 amide bonds. The summed E-state index contributed by atoms with van der Waals surface area (Å²) in [5, 5.41) is 3.21. The normalized spacial score (nSPS) is 16.0. The van der Waals surface area contributed by atoms with E-state index in [1.807, 2.05) is 39.0 Å². The number of piperidine rings is 1. The predicted octanol–water partition coefficient (Wildman–Crippen LogP) is 4.88. The summed E-state index contributed by atoms with van der Waals surface area (Å²) in [5.74, 6) is 1.69. The number of aryl methyl sites for hydroxylation is 1. The molecule has 5 heteroatoms. The first-order valence-electron chi connectivity index (χ1n) is 11.5. The van der Waals surface area contributed by atoms with Gasteiger partial charge in [0.1, 0.15) is 0 Å². The van der Waals surface area contributed by atoms with Gasteiger partial charge in [-0.3, -0.25) is 9.69 Å². The molecule has 168 valence electrons. The maximum Gasteiger partial charge on any atom is 0.223 e. The lowest BCUT2D eigenvalue weighted by Gasteiger charge is -2.32. The molecule has 31 heavy (non-hydrogen) atoms. The summed E-state index contributed by atoms with van der Waals surface area (Å²) in [6.07, 6.45) is 1.80. The first kappa shape index (κ1) is 23.1. The van der Waals surface area contributed by atoms with E-state index in [2.05, 4.69) is 41.4 Å². The lowest BCUT2D eigenvalue weighted by Crippen LogP contribution is -2.41. The molecule has 0 aliphatic carbocycles. The smallest absolute Gasteiger partial charge is 0.223 e. The fourth-order valence-electron chi connectivity index (χ4n) is 4.13. The van der Waals surface area contributed by atoms with E-state index in [0.717, 1.165) is 49.5 Å². The van der Waals surface area contributed by atoms with Crippen molar-refractivity contribution in [3.05, 3.63) is 59.2 Å². The Labute approximate surface area is 186 Å². The Morgan fingerprint density at radius 3 is 2.42 bits per heavy atom. The molecule has 1 heterocycles. The Morgan fingerprint density at radius 2 is 1.74 bits per heavy atom. The van der Waals surface area contributed by atoms with Crippen molar-refractivity contribution in [1.29, 1.82) is 0 Å². The highest BCUT2D eigenvalue weighted by molar-refractivity contribution is 5.79. The SMILES string of the molecule is CCOc1ccc([C@@H](C)NC(=O)C2CCN(Cc3ccccc3C)CC2)cc1OCC. The molecule has 0 unspecified atom stereocenters. The van der Waals surface area contributed by atoms with Crippen LogP contribution in [0, 0.1) is 12.8 Å². The molecule has 1 atom stereocenters. The summed E-state index contributed by atoms with van der Waals surface area (Å²) in [4.78, 5) is 15.4. The van der Waals surface area contributed by atoms with Gasteiger partial charge in [0.2, 0.25) is 5.91 Å². The van der Waals surface area contributed by atoms with Gasteiger partial charge in [0.25, 0.3) is 0 Å². The Balaban J connectivity index is 1.53. The van der Waals surface area contributed by atoms with Crippen LogP contribution in [0.1, 0.15) is 56.3 Å². The Bertz CT molecular complexity index is 859. The van der Waals surface area contributed by atoms with Crippen LogP contribution < -0.4 is 14.8 Å². The molecule has 2 aromatic rings. The molecule has 1 aliphatic rings. The number of carbonyl (C=O) groups is 1. The van der Waals surface area contributed by atoms with Crippen LogP contribution in [0.5, 0.6) is 11.5 Å². The van der Waals surface area contributed by atoms with Gasteiger partial charge < -0.3 is 14.8 Å². The summed E-state index contributed by atoms with van der Waals surface area (Å²) >= 11 is 0. The lowest BCUT2D eigenvalue weighted by molar-refractivity contribution is -0.127. The third-order valence-corrected chi connectivity index (χ3v) is 6.04. The minimum Gasteiger partial charge on any atom is -0.490 e. The number of rotatable bonds is 9. The van der Waals surface area contributed by atoms with Gasteiger partial charge in [0.15, 0.2) is 11.5 Å². The summed E-state index contributed by atoms with van der Waals surface area (Å²) < 4.78 is 11.4. The number of benzene rings is 2. The quantitative estimate of drug-likeness (QED) is 0.623. The van der Waals surface area contributed by atoms with Gasteiger partial charge in [0, 0.05) is 12.5 Å². The van der Waals surface area contributed by atoms with E-state index in [4.69, 9.17) is 9.47 Å². The molecule has 0 aromatic heterocycles. The Hall–Kier alpha value is -2.53. The molecule has 1 saturated heterocycles. The number of carbonyl (C=O) groups excluding carboxylic acids is 1. The van der Waals surface area contributed by atoms with Crippen LogP contribution in [0.3, 0.4) is 0 Å². The zero-order valence-corrected chi connectivity index (χ0v) is 19.3. The van der Waals surface area contributed by atoms with Crippen molar-refractivity contribution >= 4 is 5.91 Å². The van der Waals surface area contributed by atoms with Gasteiger partial charge in [-0.15, -0.1) is 0 Å². The maximum atomic E-state index is 12.9. The first-order chi connectivity index (χ1) is 15.0. The van der Waals surface area contributed by atoms with Crippen LogP contribution in [0.25, 0.3) is 0 Å². The largest absolute Gasteiger partial charge is 0.490 e. The van der Waals surface area contributed by atoms with E-state index in [1.54, 1.807) is 0 Å². The molecule has 0 radical (unpaired) electrons. The standard InChI is InChI=1S/C26H36N2O3/c1-5-30-24-12-11-22(17-25(24)31-6-2)20(4)27-26(29)21-13-15-28(16-14-21)18-23-10-8-7-9-19(23)3/h7-12,17,20-21H,5-6,13-16,18H2,1-4H3,(H,27,29)/t20-/m1/s1. The van der Waals surface area contributed by atoms with Gasteiger partial charge in [0.05, 0.1) is 19.3 Å². The zero-order valence-electron chi connectivity index (χ0n) is 19.3. The van der Waals surface area contributed by atoms with Crippen LogP contribution in [-0.2, 0) is 11.3 Å². The van der Waals surface area contributed by atoms with E-state index in [9.17, 15) is 4.79 Å². The highest BCUT2D eigenvalue weighted by Crippen LogP contribution is 2.31. The van der Waals surface area contributed by atoms with Crippen LogP contribution >= 0.6 is 0 Å². The molecule has 0 spiro atoms. The van der Waals surface area contributed by atoms with Crippen molar-refractivity contribution in [2.24, 2.45) is 5.92 Å². The van der Waals surface area contributed by atoms with E-state index in [-0.39, 0.29) is 17.9 Å². The number of nitrogens with zero attached hydrogens (tertiary/aromatic N) is 1. The maximum absolute atomic E-state index is 12.9. The number of ether oxygens (including phenoxy) is 2. The molecule has 3 rings (SSSR count). The second-order valence-electron chi connectivity index (χ2n) is 8.28. The fourth-order valence-corrected chi connectivity index (χ4v) is 4.13. The van der Waals surface area contributed by atoms with Gasteiger partial charge >= 0.3 is 0 Å². The third-order valence-electron chi connectivity index (χ3n) is 6.04. The second kappa shape index (κ2) is 11.2. The van der Waals surface area contributed by atoms with Crippen molar-refractivity contribution in [1.82, 2.24) is 10.2 Å². The minimum absolute atomic E-state index is 0.0737. The molecule has 2 aromatic carbocycles. The van der Waals surface area contributed by atoms with E-state index < -0.39 is 0 Å². The molecular formula is C26H36N2O3. The molecular weight excluding hydrogens is 388 g/mol. The van der Waals surface area contributed by atoms with Gasteiger partial charge in [-0.1, -0.05) is 30.3 Å². The van der Waals surface area contributed by atoms with Crippen LogP contribution in [0.4, 0.5) is 0 Å². The number of amides is 1. The van der Waals surface area contributed by atoms with Crippen molar-refractivity contribution < 1.29 is 14.3 Å². The summed E-state index contributed by atoms with van der Waals surface area (Å²) in [6.45, 7) is 12.1. The molecule has 1 N–H and O–H groups in total. The van der Waals surface area contributed by atoms with Gasteiger partial charge in [-0.2, -0.15) is 0 Å². The lowest BCUT2D eigenvalue weighted by atomic mass is 9.94. The van der Waals surface area contributed by atoms with Crippen molar-refractivity contribution in [3.8, 4) is 11.5 Å². The molecule has 0 bridgehead atoms. The highest BCUT2D eigenvalue weighted by Gasteiger charge is 2.26. The predicted molar refractivity (Wildman–Crippen MR) is 125 cm³/mol. The average molecular weight is 425 g/mol. The topological polar surface area (TPSA) is 50.8 Å². The minimum atomic E-state index is -0.0765. The number of hydrogen-bond acceptors (Lipinski definition) is 4. The van der Waals surface area contributed by atoms with Crippen molar-refractivity contribution in [2.45, 2.75) is 53.1 Å². The third kappa shape index (κ3) is 6.23. The molecule has 0 saturated carbocycles. The van der Waals surface area contributed by atoms with Crippen molar-refractivity contribution in [3.63, 3.8) is 0 Å². The van der Waals surface area contributed by atoms with Gasteiger partial charge in [-0.05, 0) is 82.4 Å². The Morgan fingerprint density at radius 1 is 1.06 bits per heavy atom. The number of hydrogen-bond donors (Lipinski definition) is 1. The van der Waals surface area contributed by atoms with Crippen LogP contribution in [0.15, 0.2) is 42.5 Å². The number of nitrogens with one attached hydrogen (secondary N) is 1. The van der Waals surface area contributed by atoms with Crippen LogP contribution in [0.2, 0.25) is 0 Å². The van der Waals surface area contributed by atoms with E-state index in [0.29, 0.717) is 13.2 Å². The molecule has 5 nitrogen and oxygen atoms in total. The van der Waals surface area contributed by atoms with Crippen molar-refractivity contribution in [2.75, 3.05) is 26.3 Å². The fraction of sp³-hybridized carbons (Fsp3) is 0.500.